The van der Waals surface area contributed by atoms with Crippen molar-refractivity contribution in [2.45, 2.75) is 0 Å². The molecular weight excluding hydrogens is 230 g/mol. The first-order valence-electron chi connectivity index (χ1n) is 4.94. The molecule has 0 aliphatic rings. The lowest BCUT2D eigenvalue weighted by atomic mass is 10.3. The van der Waals surface area contributed by atoms with Crippen LogP contribution in [0.4, 0.5) is 0 Å². The van der Waals surface area contributed by atoms with Gasteiger partial charge in [0, 0.05) is 13.1 Å². The van der Waals surface area contributed by atoms with Gasteiger partial charge in [0.05, 0.1) is 13.2 Å². The van der Waals surface area contributed by atoms with Crippen molar-refractivity contribution in [3.8, 4) is 0 Å². The van der Waals surface area contributed by atoms with Gasteiger partial charge in [-0.25, -0.2) is 4.79 Å². The van der Waals surface area contributed by atoms with Gasteiger partial charge in [0.15, 0.2) is 5.76 Å². The van der Waals surface area contributed by atoms with E-state index in [1.165, 1.54) is 17.0 Å². The number of furan rings is 1. The van der Waals surface area contributed by atoms with Gasteiger partial charge in [-0.3, -0.25) is 4.79 Å². The van der Waals surface area contributed by atoms with Gasteiger partial charge in [0.1, 0.15) is 0 Å². The molecule has 0 aromatic carbocycles. The summed E-state index contributed by atoms with van der Waals surface area (Å²) in [5, 5.41) is 26.1. The van der Waals surface area contributed by atoms with Crippen LogP contribution in [0.1, 0.15) is 21.1 Å². The predicted octanol–water partition coefficient (Wildman–Crippen LogP) is -0.595. The fourth-order valence-electron chi connectivity index (χ4n) is 1.28. The molecule has 94 valence electrons. The Morgan fingerprint density at radius 3 is 2.06 bits per heavy atom. The fraction of sp³-hybridized carbons (Fsp3) is 0.400. The van der Waals surface area contributed by atoms with Gasteiger partial charge in [0.2, 0.25) is 5.76 Å². The van der Waals surface area contributed by atoms with E-state index in [-0.39, 0.29) is 37.8 Å². The van der Waals surface area contributed by atoms with Crippen LogP contribution in [-0.2, 0) is 0 Å². The molecule has 0 unspecified atom stereocenters. The third kappa shape index (κ3) is 3.30. The number of carbonyl (C=O) groups is 2. The molecule has 7 heteroatoms. The monoisotopic (exact) mass is 243 g/mol. The van der Waals surface area contributed by atoms with E-state index in [9.17, 15) is 9.59 Å². The van der Waals surface area contributed by atoms with E-state index >= 15 is 0 Å². The lowest BCUT2D eigenvalue weighted by molar-refractivity contribution is 0.0625. The minimum atomic E-state index is -1.26. The molecule has 0 aliphatic heterocycles. The van der Waals surface area contributed by atoms with Crippen molar-refractivity contribution < 1.29 is 29.3 Å². The Kier molecular flexibility index (Phi) is 4.68. The SMILES string of the molecule is O=C(O)c1ccc(C(=O)N(CCO)CCO)o1. The Bertz CT molecular complexity index is 393. The van der Waals surface area contributed by atoms with Crippen LogP contribution >= 0.6 is 0 Å². The van der Waals surface area contributed by atoms with Gasteiger partial charge in [-0.05, 0) is 12.1 Å². The highest BCUT2D eigenvalue weighted by molar-refractivity contribution is 5.93. The Hall–Kier alpha value is -1.86. The van der Waals surface area contributed by atoms with Crippen molar-refractivity contribution in [1.82, 2.24) is 4.90 Å². The molecule has 1 aromatic rings. The van der Waals surface area contributed by atoms with Crippen molar-refractivity contribution >= 4 is 11.9 Å². The van der Waals surface area contributed by atoms with Crippen molar-refractivity contribution in [1.29, 1.82) is 0 Å². The Morgan fingerprint density at radius 1 is 1.12 bits per heavy atom. The van der Waals surface area contributed by atoms with Gasteiger partial charge in [-0.15, -0.1) is 0 Å². The number of aliphatic hydroxyl groups excluding tert-OH is 2. The Labute approximate surface area is 96.9 Å². The van der Waals surface area contributed by atoms with E-state index in [0.717, 1.165) is 0 Å². The molecule has 0 spiro atoms. The van der Waals surface area contributed by atoms with E-state index in [0.29, 0.717) is 0 Å². The van der Waals surface area contributed by atoms with E-state index < -0.39 is 11.9 Å². The molecule has 0 saturated carbocycles. The zero-order valence-corrected chi connectivity index (χ0v) is 9.00. The Morgan fingerprint density at radius 2 is 1.65 bits per heavy atom. The number of hydrogen-bond acceptors (Lipinski definition) is 5. The van der Waals surface area contributed by atoms with Crippen molar-refractivity contribution in [3.63, 3.8) is 0 Å². The summed E-state index contributed by atoms with van der Waals surface area (Å²) in [4.78, 5) is 23.5. The van der Waals surface area contributed by atoms with E-state index in [1.54, 1.807) is 0 Å². The first-order valence-corrected chi connectivity index (χ1v) is 4.94. The number of aromatic carboxylic acids is 1. The molecule has 7 nitrogen and oxygen atoms in total. The van der Waals surface area contributed by atoms with Crippen LogP contribution in [0.5, 0.6) is 0 Å². The van der Waals surface area contributed by atoms with E-state index in [2.05, 4.69) is 0 Å². The maximum atomic E-state index is 11.8. The quantitative estimate of drug-likeness (QED) is 0.615. The molecule has 0 radical (unpaired) electrons. The summed E-state index contributed by atoms with van der Waals surface area (Å²) in [5.41, 5.74) is 0. The molecule has 0 bridgehead atoms. The van der Waals surface area contributed by atoms with Crippen molar-refractivity contribution in [3.05, 3.63) is 23.7 Å². The number of nitrogens with zero attached hydrogens (tertiary/aromatic N) is 1. The van der Waals surface area contributed by atoms with Crippen molar-refractivity contribution in [2.24, 2.45) is 0 Å². The maximum absolute atomic E-state index is 11.8. The van der Waals surface area contributed by atoms with Crippen LogP contribution in [-0.4, -0.2) is 58.4 Å². The standard InChI is InChI=1S/C10H13NO6/c12-5-3-11(4-6-13)9(14)7-1-2-8(17-7)10(15)16/h1-2,12-13H,3-6H2,(H,15,16). The number of hydrogen-bond donors (Lipinski definition) is 3. The van der Waals surface area contributed by atoms with Crippen LogP contribution in [0.3, 0.4) is 0 Å². The second-order valence-electron chi connectivity index (χ2n) is 3.21. The number of carboxylic acids is 1. The zero-order chi connectivity index (χ0) is 12.8. The van der Waals surface area contributed by atoms with Gasteiger partial charge < -0.3 is 24.6 Å². The molecule has 17 heavy (non-hydrogen) atoms. The third-order valence-corrected chi connectivity index (χ3v) is 2.05. The lowest BCUT2D eigenvalue weighted by Crippen LogP contribution is -2.35. The highest BCUT2D eigenvalue weighted by Gasteiger charge is 2.20. The first kappa shape index (κ1) is 13.2. The summed E-state index contributed by atoms with van der Waals surface area (Å²) in [6.07, 6.45) is 0. The molecule has 1 amide bonds. The molecule has 0 atom stereocenters. The number of aliphatic hydroxyl groups is 2. The molecule has 3 N–H and O–H groups in total. The normalized spacial score (nSPS) is 10.2. The van der Waals surface area contributed by atoms with Gasteiger partial charge in [0.25, 0.3) is 5.91 Å². The Balaban J connectivity index is 2.81. The molecule has 1 aromatic heterocycles. The average molecular weight is 243 g/mol. The molecule has 0 saturated heterocycles. The summed E-state index contributed by atoms with van der Waals surface area (Å²) < 4.78 is 4.83. The predicted molar refractivity (Wildman–Crippen MR) is 55.7 cm³/mol. The molecule has 1 rings (SSSR count). The lowest BCUT2D eigenvalue weighted by Gasteiger charge is -2.18. The number of amides is 1. The highest BCUT2D eigenvalue weighted by atomic mass is 16.4. The average Bonchev–Trinajstić information content (AvgIpc) is 2.77. The highest BCUT2D eigenvalue weighted by Crippen LogP contribution is 2.10. The fourth-order valence-corrected chi connectivity index (χ4v) is 1.28. The van der Waals surface area contributed by atoms with Gasteiger partial charge in [-0.1, -0.05) is 0 Å². The molecule has 1 heterocycles. The summed E-state index contributed by atoms with van der Waals surface area (Å²) in [6, 6.07) is 2.42. The van der Waals surface area contributed by atoms with Crippen LogP contribution in [0.15, 0.2) is 16.5 Å². The minimum Gasteiger partial charge on any atom is -0.475 e. The maximum Gasteiger partial charge on any atom is 0.371 e. The summed E-state index contributed by atoms with van der Waals surface area (Å²) in [7, 11) is 0. The van der Waals surface area contributed by atoms with Crippen LogP contribution in [0.25, 0.3) is 0 Å². The van der Waals surface area contributed by atoms with Crippen molar-refractivity contribution in [2.75, 3.05) is 26.3 Å². The number of carbonyl (C=O) groups excluding carboxylic acids is 1. The molecule has 0 fully saturated rings. The third-order valence-electron chi connectivity index (χ3n) is 2.05. The zero-order valence-electron chi connectivity index (χ0n) is 9.00. The van der Waals surface area contributed by atoms with Gasteiger partial charge >= 0.3 is 5.97 Å². The summed E-state index contributed by atoms with van der Waals surface area (Å²) in [6.45, 7) is -0.415. The van der Waals surface area contributed by atoms with Gasteiger partial charge in [-0.2, -0.15) is 0 Å². The number of carboxylic acid groups (broad SMARTS) is 1. The second-order valence-corrected chi connectivity index (χ2v) is 3.21. The topological polar surface area (TPSA) is 111 Å². The number of rotatable bonds is 6. The minimum absolute atomic E-state index is 0.0441. The molecule has 0 aliphatic carbocycles. The summed E-state index contributed by atoms with van der Waals surface area (Å²) in [5.74, 6) is -2.30. The van der Waals surface area contributed by atoms with E-state index in [1.807, 2.05) is 0 Å². The largest absolute Gasteiger partial charge is 0.475 e. The van der Waals surface area contributed by atoms with Crippen LogP contribution in [0, 0.1) is 0 Å². The molecular formula is C10H13NO6. The first-order chi connectivity index (χ1) is 8.10. The smallest absolute Gasteiger partial charge is 0.371 e. The van der Waals surface area contributed by atoms with Crippen LogP contribution < -0.4 is 0 Å². The second kappa shape index (κ2) is 6.02. The summed E-state index contributed by atoms with van der Waals surface area (Å²) >= 11 is 0. The van der Waals surface area contributed by atoms with E-state index in [4.69, 9.17) is 19.7 Å². The van der Waals surface area contributed by atoms with Crippen LogP contribution in [0.2, 0.25) is 0 Å².